The minimum Gasteiger partial charge on any atom is -0.493 e. The molecule has 0 radical (unpaired) electrons. The van der Waals surface area contributed by atoms with Gasteiger partial charge in [0.1, 0.15) is 0 Å². The van der Waals surface area contributed by atoms with Crippen LogP contribution in [0.15, 0.2) is 40.7 Å². The van der Waals surface area contributed by atoms with Crippen molar-refractivity contribution >= 4 is 45.7 Å². The predicted octanol–water partition coefficient (Wildman–Crippen LogP) is 4.16. The van der Waals surface area contributed by atoms with E-state index in [4.69, 9.17) is 9.47 Å². The van der Waals surface area contributed by atoms with E-state index in [1.165, 1.54) is 37.3 Å². The van der Waals surface area contributed by atoms with Gasteiger partial charge in [0.05, 0.1) is 20.0 Å². The number of ether oxygens (including phenoxy) is 2. The van der Waals surface area contributed by atoms with E-state index in [1.807, 2.05) is 32.0 Å². The van der Waals surface area contributed by atoms with Crippen LogP contribution in [0, 0.1) is 13.8 Å². The van der Waals surface area contributed by atoms with Gasteiger partial charge in [0.25, 0.3) is 5.91 Å². The fraction of sp³-hybridized carbons (Fsp3) is 0.238. The zero-order valence-corrected chi connectivity index (χ0v) is 19.1. The topological polar surface area (TPSA) is 102 Å². The molecule has 0 unspecified atom stereocenters. The highest BCUT2D eigenvalue weighted by atomic mass is 32.2. The van der Waals surface area contributed by atoms with Gasteiger partial charge in [-0.25, -0.2) is 0 Å². The number of nitrogens with one attached hydrogen (secondary N) is 2. The Kier molecular flexibility index (Phi) is 7.48. The second-order valence-electron chi connectivity index (χ2n) is 6.61. The Morgan fingerprint density at radius 2 is 1.68 bits per heavy atom. The Balaban J connectivity index is 1.55. The predicted molar refractivity (Wildman–Crippen MR) is 123 cm³/mol. The summed E-state index contributed by atoms with van der Waals surface area (Å²) in [5.41, 5.74) is 3.34. The summed E-state index contributed by atoms with van der Waals surface area (Å²) in [6, 6.07) is 10.8. The molecule has 31 heavy (non-hydrogen) atoms. The number of anilines is 2. The van der Waals surface area contributed by atoms with Crippen LogP contribution >= 0.6 is 23.1 Å². The van der Waals surface area contributed by atoms with Crippen molar-refractivity contribution in [2.75, 3.05) is 30.6 Å². The van der Waals surface area contributed by atoms with Crippen LogP contribution in [0.2, 0.25) is 0 Å². The van der Waals surface area contributed by atoms with Crippen molar-refractivity contribution in [3.63, 3.8) is 0 Å². The van der Waals surface area contributed by atoms with Gasteiger partial charge in [0, 0.05) is 11.3 Å². The number of hydrogen-bond acceptors (Lipinski definition) is 8. The van der Waals surface area contributed by atoms with Gasteiger partial charge in [-0.15, -0.1) is 10.2 Å². The summed E-state index contributed by atoms with van der Waals surface area (Å²) in [5.74, 6) is 0.694. The number of amides is 2. The lowest BCUT2D eigenvalue weighted by Gasteiger charge is -2.08. The third kappa shape index (κ3) is 6.19. The number of carbonyl (C=O) groups excluding carboxylic acids is 2. The van der Waals surface area contributed by atoms with Gasteiger partial charge in [0.2, 0.25) is 11.0 Å². The lowest BCUT2D eigenvalue weighted by atomic mass is 10.1. The number of nitrogens with zero attached hydrogens (tertiary/aromatic N) is 2. The molecule has 0 aliphatic rings. The first kappa shape index (κ1) is 22.6. The average molecular weight is 459 g/mol. The number of methoxy groups -OCH3 is 2. The van der Waals surface area contributed by atoms with Crippen molar-refractivity contribution in [2.45, 2.75) is 18.2 Å². The van der Waals surface area contributed by atoms with Gasteiger partial charge in [-0.1, -0.05) is 29.2 Å². The van der Waals surface area contributed by atoms with Crippen LogP contribution in [0.5, 0.6) is 11.5 Å². The molecule has 2 N–H and O–H groups in total. The second-order valence-corrected chi connectivity index (χ2v) is 8.81. The summed E-state index contributed by atoms with van der Waals surface area (Å²) < 4.78 is 11.0. The molecule has 3 rings (SSSR count). The van der Waals surface area contributed by atoms with Crippen LogP contribution in [-0.4, -0.2) is 42.0 Å². The first-order valence-corrected chi connectivity index (χ1v) is 11.1. The molecule has 0 bridgehead atoms. The molecule has 3 aromatic rings. The summed E-state index contributed by atoms with van der Waals surface area (Å²) >= 11 is 2.46. The number of aromatic nitrogens is 2. The normalized spacial score (nSPS) is 10.5. The number of rotatable bonds is 8. The third-order valence-corrected chi connectivity index (χ3v) is 6.08. The van der Waals surface area contributed by atoms with E-state index in [0.717, 1.165) is 16.8 Å². The molecular formula is C21H22N4O4S2. The van der Waals surface area contributed by atoms with E-state index in [2.05, 4.69) is 20.8 Å². The summed E-state index contributed by atoms with van der Waals surface area (Å²) in [5, 5.41) is 13.9. The molecule has 0 aliphatic heterocycles. The molecule has 8 nitrogen and oxygen atoms in total. The minimum atomic E-state index is -0.346. The number of thioether (sulfide) groups is 1. The average Bonchev–Trinajstić information content (AvgIpc) is 3.18. The maximum absolute atomic E-state index is 12.5. The maximum atomic E-state index is 12.5. The van der Waals surface area contributed by atoms with E-state index in [-0.39, 0.29) is 17.6 Å². The van der Waals surface area contributed by atoms with Crippen LogP contribution in [0.25, 0.3) is 0 Å². The molecule has 0 saturated carbocycles. The van der Waals surface area contributed by atoms with Crippen LogP contribution in [0.4, 0.5) is 10.8 Å². The first-order chi connectivity index (χ1) is 14.9. The summed E-state index contributed by atoms with van der Waals surface area (Å²) in [6.45, 7) is 3.97. The van der Waals surface area contributed by atoms with Crippen molar-refractivity contribution in [3.8, 4) is 11.5 Å². The zero-order chi connectivity index (χ0) is 22.4. The van der Waals surface area contributed by atoms with E-state index in [9.17, 15) is 9.59 Å². The highest BCUT2D eigenvalue weighted by Gasteiger charge is 2.14. The van der Waals surface area contributed by atoms with Crippen molar-refractivity contribution < 1.29 is 19.1 Å². The van der Waals surface area contributed by atoms with Crippen molar-refractivity contribution in [1.29, 1.82) is 0 Å². The fourth-order valence-electron chi connectivity index (χ4n) is 2.84. The molecule has 0 saturated heterocycles. The lowest BCUT2D eigenvalue weighted by Crippen LogP contribution is -2.14. The van der Waals surface area contributed by atoms with Gasteiger partial charge < -0.3 is 14.8 Å². The van der Waals surface area contributed by atoms with Gasteiger partial charge >= 0.3 is 0 Å². The Morgan fingerprint density at radius 1 is 0.968 bits per heavy atom. The number of benzene rings is 2. The molecular weight excluding hydrogens is 436 g/mol. The fourth-order valence-corrected chi connectivity index (χ4v) is 4.38. The van der Waals surface area contributed by atoms with Gasteiger partial charge in [-0.05, 0) is 55.3 Å². The third-order valence-electron chi connectivity index (χ3n) is 4.10. The smallest absolute Gasteiger partial charge is 0.257 e. The molecule has 162 valence electrons. The maximum Gasteiger partial charge on any atom is 0.257 e. The van der Waals surface area contributed by atoms with Crippen molar-refractivity contribution in [1.82, 2.24) is 10.2 Å². The molecule has 0 fully saturated rings. The molecule has 0 atom stereocenters. The van der Waals surface area contributed by atoms with Crippen molar-refractivity contribution in [3.05, 3.63) is 53.1 Å². The zero-order valence-electron chi connectivity index (χ0n) is 17.5. The quantitative estimate of drug-likeness (QED) is 0.386. The summed E-state index contributed by atoms with van der Waals surface area (Å²) in [6.07, 6.45) is 0. The van der Waals surface area contributed by atoms with Gasteiger partial charge in [0.15, 0.2) is 15.8 Å². The molecule has 1 aromatic heterocycles. The Labute approximate surface area is 188 Å². The Hall–Kier alpha value is -3.11. The first-order valence-electron chi connectivity index (χ1n) is 9.25. The van der Waals surface area contributed by atoms with Gasteiger partial charge in [-0.2, -0.15) is 0 Å². The standard InChI is InChI=1S/C21H22N4O4S2/c1-12-7-13(2)9-15(8-12)22-18(26)11-30-21-25-24-20(31-21)23-19(27)14-5-6-16(28-3)17(10-14)29-4/h5-10H,11H2,1-4H3,(H,22,26)(H,23,24,27). The largest absolute Gasteiger partial charge is 0.493 e. The molecule has 0 spiro atoms. The number of hydrogen-bond donors (Lipinski definition) is 2. The summed E-state index contributed by atoms with van der Waals surface area (Å²) in [4.78, 5) is 24.7. The highest BCUT2D eigenvalue weighted by Crippen LogP contribution is 2.29. The van der Waals surface area contributed by atoms with Crippen LogP contribution < -0.4 is 20.1 Å². The number of aryl methyl sites for hydroxylation is 2. The van der Waals surface area contributed by atoms with Crippen molar-refractivity contribution in [2.24, 2.45) is 0 Å². The Morgan fingerprint density at radius 3 is 2.35 bits per heavy atom. The van der Waals surface area contributed by atoms with E-state index >= 15 is 0 Å². The SMILES string of the molecule is COc1ccc(C(=O)Nc2nnc(SCC(=O)Nc3cc(C)cc(C)c3)s2)cc1OC. The van der Waals surface area contributed by atoms with E-state index < -0.39 is 0 Å². The minimum absolute atomic E-state index is 0.138. The molecule has 1 heterocycles. The molecule has 0 aliphatic carbocycles. The van der Waals surface area contributed by atoms with Gasteiger partial charge in [-0.3, -0.25) is 14.9 Å². The van der Waals surface area contributed by atoms with Crippen LogP contribution in [0.1, 0.15) is 21.5 Å². The second kappa shape index (κ2) is 10.3. The Bertz CT molecular complexity index is 1080. The highest BCUT2D eigenvalue weighted by molar-refractivity contribution is 8.01. The lowest BCUT2D eigenvalue weighted by molar-refractivity contribution is -0.113. The molecule has 10 heteroatoms. The van der Waals surface area contributed by atoms with E-state index in [0.29, 0.717) is 26.5 Å². The van der Waals surface area contributed by atoms with Crippen LogP contribution in [-0.2, 0) is 4.79 Å². The molecule has 2 amide bonds. The summed E-state index contributed by atoms with van der Waals surface area (Å²) in [7, 11) is 3.03. The molecule has 2 aromatic carbocycles. The number of carbonyl (C=O) groups is 2. The van der Waals surface area contributed by atoms with E-state index in [1.54, 1.807) is 18.2 Å². The monoisotopic (exact) mass is 458 g/mol. The van der Waals surface area contributed by atoms with Crippen LogP contribution in [0.3, 0.4) is 0 Å².